The second-order valence-corrected chi connectivity index (χ2v) is 6.65. The summed E-state index contributed by atoms with van der Waals surface area (Å²) >= 11 is 0. The first-order valence-electron chi connectivity index (χ1n) is 5.58. The molecule has 1 aromatic heterocycles. The van der Waals surface area contributed by atoms with Gasteiger partial charge in [-0.1, -0.05) is 5.16 Å². The summed E-state index contributed by atoms with van der Waals surface area (Å²) in [5.41, 5.74) is 6.77. The molecule has 0 aliphatic rings. The molecule has 0 bridgehead atoms. The Morgan fingerprint density at radius 1 is 1.53 bits per heavy atom. The van der Waals surface area contributed by atoms with Crippen LogP contribution < -0.4 is 10.6 Å². The van der Waals surface area contributed by atoms with E-state index in [1.165, 1.54) is 6.26 Å². The number of sulfone groups is 1. The number of anilines is 1. The van der Waals surface area contributed by atoms with E-state index < -0.39 is 9.84 Å². The lowest BCUT2D eigenvalue weighted by Gasteiger charge is -2.18. The number of oxime groups is 1. The molecule has 3 N–H and O–H groups in total. The Morgan fingerprint density at radius 2 is 2.16 bits per heavy atom. The van der Waals surface area contributed by atoms with Crippen molar-refractivity contribution in [1.29, 1.82) is 0 Å². The molecule has 0 spiro atoms. The zero-order valence-corrected chi connectivity index (χ0v) is 12.0. The van der Waals surface area contributed by atoms with E-state index in [1.54, 1.807) is 31.0 Å². The Bertz CT molecular complexity index is 584. The van der Waals surface area contributed by atoms with Gasteiger partial charge in [0, 0.05) is 31.1 Å². The summed E-state index contributed by atoms with van der Waals surface area (Å²) in [4.78, 5) is 6.00. The van der Waals surface area contributed by atoms with Crippen molar-refractivity contribution in [2.45, 2.75) is 6.92 Å². The summed E-state index contributed by atoms with van der Waals surface area (Å²) in [6.07, 6.45) is 1.19. The SMILES string of the molecule is Cc1cc(/C(N)=N/O)cc(N(C)CCS(C)(=O)=O)n1. The van der Waals surface area contributed by atoms with Crippen LogP contribution in [0.5, 0.6) is 0 Å². The van der Waals surface area contributed by atoms with Crippen LogP contribution in [-0.2, 0) is 9.84 Å². The van der Waals surface area contributed by atoms with Gasteiger partial charge in [0.25, 0.3) is 0 Å². The maximum atomic E-state index is 11.1. The average Bonchev–Trinajstić information content (AvgIpc) is 2.33. The van der Waals surface area contributed by atoms with Gasteiger partial charge in [-0.2, -0.15) is 0 Å². The fourth-order valence-corrected chi connectivity index (χ4v) is 2.08. The van der Waals surface area contributed by atoms with Gasteiger partial charge in [0.1, 0.15) is 15.7 Å². The lowest BCUT2D eigenvalue weighted by Crippen LogP contribution is -2.26. The van der Waals surface area contributed by atoms with Gasteiger partial charge in [0.15, 0.2) is 5.84 Å². The molecule has 106 valence electrons. The largest absolute Gasteiger partial charge is 0.409 e. The van der Waals surface area contributed by atoms with Crippen LogP contribution in [0.1, 0.15) is 11.3 Å². The monoisotopic (exact) mass is 286 g/mol. The van der Waals surface area contributed by atoms with Crippen LogP contribution in [0.4, 0.5) is 5.82 Å². The zero-order chi connectivity index (χ0) is 14.6. The van der Waals surface area contributed by atoms with Crippen LogP contribution in [0.15, 0.2) is 17.3 Å². The molecule has 0 atom stereocenters. The topological polar surface area (TPSA) is 109 Å². The molecule has 0 saturated carbocycles. The van der Waals surface area contributed by atoms with E-state index in [2.05, 4.69) is 10.1 Å². The normalized spacial score (nSPS) is 12.5. The molecule has 1 heterocycles. The molecule has 0 aromatic carbocycles. The molecule has 8 heteroatoms. The minimum absolute atomic E-state index is 0.0109. The highest BCUT2D eigenvalue weighted by Gasteiger charge is 2.10. The van der Waals surface area contributed by atoms with Gasteiger partial charge >= 0.3 is 0 Å². The Labute approximate surface area is 112 Å². The molecule has 1 rings (SSSR count). The predicted octanol–water partition coefficient (Wildman–Crippen LogP) is -0.0347. The maximum Gasteiger partial charge on any atom is 0.170 e. The van der Waals surface area contributed by atoms with E-state index >= 15 is 0 Å². The Kier molecular flexibility index (Phi) is 4.71. The lowest BCUT2D eigenvalue weighted by molar-refractivity contribution is 0.318. The fraction of sp³-hybridized carbons (Fsp3) is 0.455. The first-order chi connectivity index (χ1) is 8.73. The van der Waals surface area contributed by atoms with Gasteiger partial charge in [0.2, 0.25) is 0 Å². The van der Waals surface area contributed by atoms with Crippen LogP contribution in [-0.4, -0.2) is 50.0 Å². The number of aryl methyl sites for hydroxylation is 1. The van der Waals surface area contributed by atoms with Crippen molar-refractivity contribution in [2.24, 2.45) is 10.9 Å². The molecule has 0 fully saturated rings. The summed E-state index contributed by atoms with van der Waals surface area (Å²) in [5, 5.41) is 11.6. The van der Waals surface area contributed by atoms with Crippen molar-refractivity contribution in [2.75, 3.05) is 30.5 Å². The molecule has 19 heavy (non-hydrogen) atoms. The van der Waals surface area contributed by atoms with Crippen molar-refractivity contribution in [1.82, 2.24) is 4.98 Å². The van der Waals surface area contributed by atoms with E-state index in [-0.39, 0.29) is 11.6 Å². The van der Waals surface area contributed by atoms with Gasteiger partial charge in [-0.3, -0.25) is 0 Å². The Morgan fingerprint density at radius 3 is 2.68 bits per heavy atom. The third-order valence-electron chi connectivity index (χ3n) is 2.53. The highest BCUT2D eigenvalue weighted by Crippen LogP contribution is 2.13. The van der Waals surface area contributed by atoms with Gasteiger partial charge in [-0.25, -0.2) is 13.4 Å². The molecule has 7 nitrogen and oxygen atoms in total. The zero-order valence-electron chi connectivity index (χ0n) is 11.2. The molecule has 0 radical (unpaired) electrons. The smallest absolute Gasteiger partial charge is 0.170 e. The number of nitrogens with two attached hydrogens (primary N) is 1. The van der Waals surface area contributed by atoms with Gasteiger partial charge in [-0.15, -0.1) is 0 Å². The third-order valence-corrected chi connectivity index (χ3v) is 3.46. The van der Waals surface area contributed by atoms with E-state index in [4.69, 9.17) is 10.9 Å². The molecule has 0 aliphatic heterocycles. The molecular formula is C11H18N4O3S. The molecule has 0 unspecified atom stereocenters. The number of rotatable bonds is 5. The summed E-state index contributed by atoms with van der Waals surface area (Å²) in [5.74, 6) is 0.603. The molecule has 0 amide bonds. The van der Waals surface area contributed by atoms with E-state index in [1.807, 2.05) is 0 Å². The van der Waals surface area contributed by atoms with Crippen molar-refractivity contribution < 1.29 is 13.6 Å². The quantitative estimate of drug-likeness (QED) is 0.340. The number of amidine groups is 1. The highest BCUT2D eigenvalue weighted by molar-refractivity contribution is 7.90. The van der Waals surface area contributed by atoms with Gasteiger partial charge < -0.3 is 15.8 Å². The second-order valence-electron chi connectivity index (χ2n) is 4.39. The minimum atomic E-state index is -3.03. The first kappa shape index (κ1) is 15.2. The Hall–Kier alpha value is -1.83. The summed E-state index contributed by atoms with van der Waals surface area (Å²) in [6, 6.07) is 3.33. The van der Waals surface area contributed by atoms with Gasteiger partial charge in [-0.05, 0) is 19.1 Å². The van der Waals surface area contributed by atoms with Gasteiger partial charge in [0.05, 0.1) is 5.75 Å². The number of nitrogens with zero attached hydrogens (tertiary/aromatic N) is 3. The van der Waals surface area contributed by atoms with Crippen LogP contribution in [0.3, 0.4) is 0 Å². The third kappa shape index (κ3) is 4.74. The second kappa shape index (κ2) is 5.87. The minimum Gasteiger partial charge on any atom is -0.409 e. The average molecular weight is 286 g/mol. The van der Waals surface area contributed by atoms with E-state index in [9.17, 15) is 8.42 Å². The van der Waals surface area contributed by atoms with Crippen molar-refractivity contribution >= 4 is 21.5 Å². The van der Waals surface area contributed by atoms with E-state index in [0.717, 1.165) is 0 Å². The van der Waals surface area contributed by atoms with Crippen molar-refractivity contribution in [3.63, 3.8) is 0 Å². The van der Waals surface area contributed by atoms with Crippen LogP contribution >= 0.6 is 0 Å². The summed E-state index contributed by atoms with van der Waals surface area (Å²) in [7, 11) is -1.29. The molecule has 0 saturated heterocycles. The number of hydrogen-bond donors (Lipinski definition) is 2. The molecule has 1 aromatic rings. The number of aromatic nitrogens is 1. The summed E-state index contributed by atoms with van der Waals surface area (Å²) in [6.45, 7) is 2.10. The van der Waals surface area contributed by atoms with E-state index in [0.29, 0.717) is 23.6 Å². The Balaban J connectivity index is 2.97. The standard InChI is InChI=1S/C11H18N4O3S/c1-8-6-9(11(12)14-16)7-10(13-8)15(2)4-5-19(3,17)18/h6-7,16H,4-5H2,1-3H3,(H2,12,14). The van der Waals surface area contributed by atoms with Crippen LogP contribution in [0.2, 0.25) is 0 Å². The first-order valence-corrected chi connectivity index (χ1v) is 7.64. The van der Waals surface area contributed by atoms with Crippen LogP contribution in [0.25, 0.3) is 0 Å². The predicted molar refractivity (Wildman–Crippen MR) is 74.5 cm³/mol. The van der Waals surface area contributed by atoms with Crippen molar-refractivity contribution in [3.05, 3.63) is 23.4 Å². The van der Waals surface area contributed by atoms with Crippen LogP contribution in [0, 0.1) is 6.92 Å². The number of pyridine rings is 1. The lowest BCUT2D eigenvalue weighted by atomic mass is 10.2. The highest BCUT2D eigenvalue weighted by atomic mass is 32.2. The summed E-state index contributed by atoms with van der Waals surface area (Å²) < 4.78 is 22.3. The fourth-order valence-electron chi connectivity index (χ4n) is 1.47. The maximum absolute atomic E-state index is 11.1. The molecular weight excluding hydrogens is 268 g/mol. The molecule has 0 aliphatic carbocycles. The number of hydrogen-bond acceptors (Lipinski definition) is 6. The van der Waals surface area contributed by atoms with Crippen molar-refractivity contribution in [3.8, 4) is 0 Å².